The van der Waals surface area contributed by atoms with Gasteiger partial charge in [-0.3, -0.25) is 9.10 Å². The number of carbonyl (C=O) groups is 1. The van der Waals surface area contributed by atoms with Gasteiger partial charge < -0.3 is 4.90 Å². The van der Waals surface area contributed by atoms with Crippen LogP contribution in [-0.4, -0.2) is 32.2 Å². The Labute approximate surface area is 164 Å². The fraction of sp³-hybridized carbons (Fsp3) is 0.350. The molecule has 5 nitrogen and oxygen atoms in total. The maximum absolute atomic E-state index is 13.5. The van der Waals surface area contributed by atoms with E-state index in [2.05, 4.69) is 0 Å². The standard InChI is InChI=1S/C20H22N2O3S2/c1-13-10-16-11-17(8-9-18(16)21(13)15(3)23)27(24,25)22-14(2)12-26-20-7-5-4-6-19(20)22/h4-9,11,13-14H,10,12H2,1-3H3/t13-,14-/m0/s1. The lowest BCUT2D eigenvalue weighted by Gasteiger charge is -2.35. The monoisotopic (exact) mass is 402 g/mol. The fourth-order valence-electron chi connectivity index (χ4n) is 4.00. The van der Waals surface area contributed by atoms with Gasteiger partial charge in [0.2, 0.25) is 5.91 Å². The van der Waals surface area contributed by atoms with E-state index in [0.717, 1.165) is 27.6 Å². The van der Waals surface area contributed by atoms with E-state index in [1.807, 2.05) is 38.1 Å². The number of nitrogens with zero attached hydrogens (tertiary/aromatic N) is 2. The number of rotatable bonds is 2. The molecule has 2 atom stereocenters. The fourth-order valence-corrected chi connectivity index (χ4v) is 6.94. The average molecular weight is 403 g/mol. The predicted octanol–water partition coefficient (Wildman–Crippen LogP) is 3.67. The molecular formula is C20H22N2O3S2. The van der Waals surface area contributed by atoms with Crippen LogP contribution in [0.1, 0.15) is 26.3 Å². The molecule has 0 fully saturated rings. The van der Waals surface area contributed by atoms with Crippen LogP contribution in [0.15, 0.2) is 52.3 Å². The molecule has 2 aliphatic rings. The van der Waals surface area contributed by atoms with Gasteiger partial charge in [-0.25, -0.2) is 8.42 Å². The lowest BCUT2D eigenvalue weighted by molar-refractivity contribution is -0.116. The molecule has 0 aromatic heterocycles. The molecule has 0 radical (unpaired) electrons. The van der Waals surface area contributed by atoms with Gasteiger partial charge in [0.1, 0.15) is 0 Å². The molecule has 0 aliphatic carbocycles. The molecule has 142 valence electrons. The van der Waals surface area contributed by atoms with Gasteiger partial charge in [0.05, 0.1) is 16.6 Å². The molecule has 2 aromatic carbocycles. The van der Waals surface area contributed by atoms with Crippen molar-refractivity contribution in [1.29, 1.82) is 0 Å². The molecule has 0 N–H and O–H groups in total. The molecule has 2 aromatic rings. The van der Waals surface area contributed by atoms with Gasteiger partial charge >= 0.3 is 0 Å². The summed E-state index contributed by atoms with van der Waals surface area (Å²) in [4.78, 5) is 14.9. The maximum Gasteiger partial charge on any atom is 0.264 e. The second-order valence-corrected chi connectivity index (χ2v) is 10.0. The van der Waals surface area contributed by atoms with Crippen molar-refractivity contribution in [2.24, 2.45) is 0 Å². The van der Waals surface area contributed by atoms with Gasteiger partial charge in [-0.1, -0.05) is 12.1 Å². The summed E-state index contributed by atoms with van der Waals surface area (Å²) in [5.41, 5.74) is 2.46. The first kappa shape index (κ1) is 18.4. The van der Waals surface area contributed by atoms with E-state index in [1.165, 1.54) is 0 Å². The summed E-state index contributed by atoms with van der Waals surface area (Å²) in [6.07, 6.45) is 0.667. The molecule has 27 heavy (non-hydrogen) atoms. The Morgan fingerprint density at radius 1 is 1.07 bits per heavy atom. The summed E-state index contributed by atoms with van der Waals surface area (Å²) >= 11 is 1.69. The molecule has 2 aliphatic heterocycles. The van der Waals surface area contributed by atoms with E-state index in [9.17, 15) is 13.2 Å². The smallest absolute Gasteiger partial charge is 0.264 e. The SMILES string of the molecule is CC(=O)N1c2ccc(S(=O)(=O)N3c4ccccc4SC[C@@H]3C)cc2C[C@@H]1C. The van der Waals surface area contributed by atoms with Crippen molar-refractivity contribution in [1.82, 2.24) is 0 Å². The number of sulfonamides is 1. The Morgan fingerprint density at radius 2 is 1.81 bits per heavy atom. The van der Waals surface area contributed by atoms with Crippen molar-refractivity contribution in [3.63, 3.8) is 0 Å². The molecule has 0 bridgehead atoms. The highest BCUT2D eigenvalue weighted by Crippen LogP contribution is 2.41. The van der Waals surface area contributed by atoms with Crippen LogP contribution in [0, 0.1) is 0 Å². The van der Waals surface area contributed by atoms with E-state index in [4.69, 9.17) is 0 Å². The minimum atomic E-state index is -3.68. The lowest BCUT2D eigenvalue weighted by atomic mass is 10.1. The zero-order chi connectivity index (χ0) is 19.3. The topological polar surface area (TPSA) is 57.7 Å². The Balaban J connectivity index is 1.78. The van der Waals surface area contributed by atoms with Gasteiger partial charge in [0.25, 0.3) is 10.0 Å². The van der Waals surface area contributed by atoms with Gasteiger partial charge in [-0.2, -0.15) is 0 Å². The van der Waals surface area contributed by atoms with Crippen LogP contribution < -0.4 is 9.21 Å². The number of thioether (sulfide) groups is 1. The van der Waals surface area contributed by atoms with Crippen LogP contribution in [-0.2, 0) is 21.2 Å². The van der Waals surface area contributed by atoms with Crippen LogP contribution >= 0.6 is 11.8 Å². The van der Waals surface area contributed by atoms with E-state index in [0.29, 0.717) is 6.42 Å². The highest BCUT2D eigenvalue weighted by molar-refractivity contribution is 8.00. The first-order valence-electron chi connectivity index (χ1n) is 8.99. The quantitative estimate of drug-likeness (QED) is 0.769. The molecule has 0 saturated heterocycles. The normalized spacial score (nSPS) is 21.7. The van der Waals surface area contributed by atoms with Crippen molar-refractivity contribution in [2.45, 2.75) is 49.1 Å². The van der Waals surface area contributed by atoms with Crippen LogP contribution in [0.3, 0.4) is 0 Å². The second-order valence-electron chi connectivity index (χ2n) is 7.16. The third-order valence-electron chi connectivity index (χ3n) is 5.15. The number of para-hydroxylation sites is 1. The third-order valence-corrected chi connectivity index (χ3v) is 8.38. The molecule has 7 heteroatoms. The predicted molar refractivity (Wildman–Crippen MR) is 109 cm³/mol. The van der Waals surface area contributed by atoms with Gasteiger partial charge in [0.15, 0.2) is 0 Å². The van der Waals surface area contributed by atoms with Crippen molar-refractivity contribution in [3.8, 4) is 0 Å². The van der Waals surface area contributed by atoms with E-state index >= 15 is 0 Å². The van der Waals surface area contributed by atoms with Crippen molar-refractivity contribution >= 4 is 39.1 Å². The summed E-state index contributed by atoms with van der Waals surface area (Å²) < 4.78 is 28.5. The Kier molecular flexibility index (Phi) is 4.47. The number of amides is 1. The summed E-state index contributed by atoms with van der Waals surface area (Å²) in [5.74, 6) is 0.698. The van der Waals surface area contributed by atoms with Crippen molar-refractivity contribution in [2.75, 3.05) is 15.0 Å². The maximum atomic E-state index is 13.5. The number of hydrogen-bond acceptors (Lipinski definition) is 4. The van der Waals surface area contributed by atoms with E-state index in [1.54, 1.807) is 46.1 Å². The minimum absolute atomic E-state index is 0.0209. The number of anilines is 2. The zero-order valence-corrected chi connectivity index (χ0v) is 17.2. The Bertz CT molecular complexity index is 1020. The average Bonchev–Trinajstić information content (AvgIpc) is 2.96. The summed E-state index contributed by atoms with van der Waals surface area (Å²) in [5, 5.41) is 0. The summed E-state index contributed by atoms with van der Waals surface area (Å²) in [7, 11) is -3.68. The molecule has 4 rings (SSSR count). The Hall–Kier alpha value is -1.99. The molecule has 2 heterocycles. The number of fused-ring (bicyclic) bond motifs is 2. The molecule has 0 unspecified atom stereocenters. The highest BCUT2D eigenvalue weighted by atomic mass is 32.2. The highest BCUT2D eigenvalue weighted by Gasteiger charge is 2.36. The minimum Gasteiger partial charge on any atom is -0.309 e. The first-order valence-corrected chi connectivity index (χ1v) is 11.4. The van der Waals surface area contributed by atoms with Crippen molar-refractivity contribution in [3.05, 3.63) is 48.0 Å². The number of benzene rings is 2. The Morgan fingerprint density at radius 3 is 2.56 bits per heavy atom. The van der Waals surface area contributed by atoms with Gasteiger partial charge in [-0.15, -0.1) is 11.8 Å². The first-order chi connectivity index (χ1) is 12.8. The third kappa shape index (κ3) is 2.93. The van der Waals surface area contributed by atoms with E-state index < -0.39 is 10.0 Å². The largest absolute Gasteiger partial charge is 0.309 e. The van der Waals surface area contributed by atoms with Crippen LogP contribution in [0.5, 0.6) is 0 Å². The summed E-state index contributed by atoms with van der Waals surface area (Å²) in [6.45, 7) is 5.46. The van der Waals surface area contributed by atoms with Crippen LogP contribution in [0.25, 0.3) is 0 Å². The molecule has 0 saturated carbocycles. The summed E-state index contributed by atoms with van der Waals surface area (Å²) in [6, 6.07) is 12.7. The number of hydrogen-bond donors (Lipinski definition) is 0. The lowest BCUT2D eigenvalue weighted by Crippen LogP contribution is -2.42. The van der Waals surface area contributed by atoms with Crippen LogP contribution in [0.2, 0.25) is 0 Å². The van der Waals surface area contributed by atoms with Crippen molar-refractivity contribution < 1.29 is 13.2 Å². The van der Waals surface area contributed by atoms with Gasteiger partial charge in [-0.05, 0) is 56.2 Å². The molecular weight excluding hydrogens is 380 g/mol. The number of carbonyl (C=O) groups excluding carboxylic acids is 1. The van der Waals surface area contributed by atoms with Crippen LogP contribution in [0.4, 0.5) is 11.4 Å². The van der Waals surface area contributed by atoms with E-state index in [-0.39, 0.29) is 22.9 Å². The van der Waals surface area contributed by atoms with Gasteiger partial charge in [0, 0.05) is 29.3 Å². The second kappa shape index (κ2) is 6.56. The molecule has 0 spiro atoms. The molecule has 1 amide bonds. The zero-order valence-electron chi connectivity index (χ0n) is 15.5.